The van der Waals surface area contributed by atoms with Crippen LogP contribution in [0.5, 0.6) is 0 Å². The quantitative estimate of drug-likeness (QED) is 0.847. The molecule has 0 aromatic carbocycles. The Kier molecular flexibility index (Phi) is 3.65. The SMILES string of the molecule is CC(=O)[C@@H]1C(=O)C[C@](C)(O)[C@H](C(C)=O)[C@@H]1c1ccco1. The van der Waals surface area contributed by atoms with Gasteiger partial charge < -0.3 is 9.52 Å². The van der Waals surface area contributed by atoms with Gasteiger partial charge in [-0.15, -0.1) is 0 Å². The van der Waals surface area contributed by atoms with Gasteiger partial charge >= 0.3 is 0 Å². The summed E-state index contributed by atoms with van der Waals surface area (Å²) in [5.74, 6) is -3.03. The fourth-order valence-corrected chi connectivity index (χ4v) is 3.33. The summed E-state index contributed by atoms with van der Waals surface area (Å²) < 4.78 is 5.31. The van der Waals surface area contributed by atoms with Crippen LogP contribution in [0.3, 0.4) is 0 Å². The van der Waals surface area contributed by atoms with Gasteiger partial charge in [0.1, 0.15) is 23.1 Å². The Morgan fingerprint density at radius 2 is 2.00 bits per heavy atom. The molecule has 0 unspecified atom stereocenters. The van der Waals surface area contributed by atoms with Gasteiger partial charge in [0.05, 0.1) is 23.7 Å². The number of carbonyl (C=O) groups is 3. The molecule has 1 aliphatic carbocycles. The van der Waals surface area contributed by atoms with Gasteiger partial charge in [0.15, 0.2) is 0 Å². The Hall–Kier alpha value is -1.75. The van der Waals surface area contributed by atoms with Crippen molar-refractivity contribution in [2.75, 3.05) is 0 Å². The largest absolute Gasteiger partial charge is 0.469 e. The van der Waals surface area contributed by atoms with Gasteiger partial charge in [-0.3, -0.25) is 14.4 Å². The van der Waals surface area contributed by atoms with E-state index >= 15 is 0 Å². The first-order valence-corrected chi connectivity index (χ1v) is 6.55. The second-order valence-corrected chi connectivity index (χ2v) is 5.72. The monoisotopic (exact) mass is 278 g/mol. The van der Waals surface area contributed by atoms with Gasteiger partial charge in [0.2, 0.25) is 0 Å². The number of hydrogen-bond acceptors (Lipinski definition) is 5. The van der Waals surface area contributed by atoms with E-state index in [1.165, 1.54) is 27.0 Å². The third kappa shape index (κ3) is 2.33. The number of rotatable bonds is 3. The molecule has 1 aliphatic rings. The average Bonchev–Trinajstić information content (AvgIpc) is 2.77. The van der Waals surface area contributed by atoms with Crippen LogP contribution in [-0.2, 0) is 14.4 Å². The topological polar surface area (TPSA) is 84.6 Å². The maximum atomic E-state index is 12.2. The van der Waals surface area contributed by atoms with Crippen LogP contribution in [0.15, 0.2) is 22.8 Å². The lowest BCUT2D eigenvalue weighted by atomic mass is 9.61. The van der Waals surface area contributed by atoms with Crippen LogP contribution in [-0.4, -0.2) is 28.1 Å². The van der Waals surface area contributed by atoms with Gasteiger partial charge in [-0.25, -0.2) is 0 Å². The lowest BCUT2D eigenvalue weighted by Crippen LogP contribution is -2.53. The molecule has 0 amide bonds. The Morgan fingerprint density at radius 3 is 2.45 bits per heavy atom. The van der Waals surface area contributed by atoms with Crippen LogP contribution in [0.25, 0.3) is 0 Å². The molecule has 1 N–H and O–H groups in total. The minimum Gasteiger partial charge on any atom is -0.469 e. The van der Waals surface area contributed by atoms with E-state index in [1.54, 1.807) is 12.1 Å². The third-order valence-electron chi connectivity index (χ3n) is 4.01. The van der Waals surface area contributed by atoms with Crippen molar-refractivity contribution < 1.29 is 23.9 Å². The minimum absolute atomic E-state index is 0.196. The van der Waals surface area contributed by atoms with E-state index in [-0.39, 0.29) is 23.8 Å². The maximum absolute atomic E-state index is 12.2. The maximum Gasteiger partial charge on any atom is 0.146 e. The Bertz CT molecular complexity index is 541. The number of ketones is 3. The van der Waals surface area contributed by atoms with Crippen LogP contribution in [0.2, 0.25) is 0 Å². The zero-order chi connectivity index (χ0) is 15.1. The summed E-state index contributed by atoms with van der Waals surface area (Å²) >= 11 is 0. The van der Waals surface area contributed by atoms with Crippen molar-refractivity contribution in [3.8, 4) is 0 Å². The van der Waals surface area contributed by atoms with Gasteiger partial charge in [0.25, 0.3) is 0 Å². The standard InChI is InChI=1S/C15H18O5/c1-8(16)12-10(18)7-15(3,19)14(9(2)17)13(12)11-5-4-6-20-11/h4-6,12-14,19H,7H2,1-3H3/t12-,13-,14-,15+/m1/s1. The molecule has 108 valence electrons. The smallest absolute Gasteiger partial charge is 0.146 e. The van der Waals surface area contributed by atoms with Crippen molar-refractivity contribution >= 4 is 17.3 Å². The summed E-state index contributed by atoms with van der Waals surface area (Å²) in [5.41, 5.74) is -1.47. The Balaban J connectivity index is 2.58. The molecular weight excluding hydrogens is 260 g/mol. The van der Waals surface area contributed by atoms with E-state index in [9.17, 15) is 19.5 Å². The fraction of sp³-hybridized carbons (Fsp3) is 0.533. The van der Waals surface area contributed by atoms with Crippen molar-refractivity contribution in [3.63, 3.8) is 0 Å². The molecule has 1 saturated carbocycles. The predicted molar refractivity (Wildman–Crippen MR) is 70.0 cm³/mol. The highest BCUT2D eigenvalue weighted by atomic mass is 16.3. The minimum atomic E-state index is -1.47. The molecule has 1 fully saturated rings. The molecule has 1 heterocycles. The highest BCUT2D eigenvalue weighted by molar-refractivity contribution is 6.04. The molecule has 0 spiro atoms. The number of Topliss-reactive ketones (excluding diaryl/α,β-unsaturated/α-hetero) is 3. The number of furan rings is 1. The second kappa shape index (κ2) is 4.98. The van der Waals surface area contributed by atoms with E-state index < -0.39 is 23.4 Å². The van der Waals surface area contributed by atoms with Crippen molar-refractivity contribution in [2.24, 2.45) is 11.8 Å². The summed E-state index contributed by atoms with van der Waals surface area (Å²) in [6, 6.07) is 3.27. The molecule has 4 atom stereocenters. The summed E-state index contributed by atoms with van der Waals surface area (Å²) in [6.07, 6.45) is 1.23. The number of aliphatic hydroxyl groups is 1. The van der Waals surface area contributed by atoms with Gasteiger partial charge in [-0.05, 0) is 32.9 Å². The van der Waals surface area contributed by atoms with Crippen LogP contribution in [0.4, 0.5) is 0 Å². The average molecular weight is 278 g/mol. The predicted octanol–water partition coefficient (Wildman–Crippen LogP) is 1.50. The normalized spacial score (nSPS) is 34.0. The van der Waals surface area contributed by atoms with Gasteiger partial charge in [-0.2, -0.15) is 0 Å². The summed E-state index contributed by atoms with van der Waals surface area (Å²) in [6.45, 7) is 4.15. The molecule has 1 aromatic rings. The third-order valence-corrected chi connectivity index (χ3v) is 4.01. The molecule has 5 nitrogen and oxygen atoms in total. The summed E-state index contributed by atoms with van der Waals surface area (Å²) in [4.78, 5) is 36.0. The van der Waals surface area contributed by atoms with Gasteiger partial charge in [0, 0.05) is 12.3 Å². The molecule has 0 radical (unpaired) electrons. The zero-order valence-corrected chi connectivity index (χ0v) is 11.8. The Morgan fingerprint density at radius 1 is 1.35 bits per heavy atom. The lowest BCUT2D eigenvalue weighted by Gasteiger charge is -2.43. The molecule has 2 rings (SSSR count). The molecular formula is C15H18O5. The number of hydrogen-bond donors (Lipinski definition) is 1. The summed E-state index contributed by atoms with van der Waals surface area (Å²) in [5, 5.41) is 10.4. The molecule has 0 bridgehead atoms. The van der Waals surface area contributed by atoms with E-state index in [1.807, 2.05) is 0 Å². The first kappa shape index (κ1) is 14.7. The molecule has 1 aromatic heterocycles. The van der Waals surface area contributed by atoms with Crippen molar-refractivity contribution in [2.45, 2.75) is 38.7 Å². The molecule has 20 heavy (non-hydrogen) atoms. The van der Waals surface area contributed by atoms with Crippen LogP contribution in [0.1, 0.15) is 38.9 Å². The molecule has 0 saturated heterocycles. The Labute approximate surface area is 117 Å². The van der Waals surface area contributed by atoms with E-state index in [2.05, 4.69) is 0 Å². The van der Waals surface area contributed by atoms with Crippen LogP contribution in [0, 0.1) is 11.8 Å². The van der Waals surface area contributed by atoms with Crippen molar-refractivity contribution in [3.05, 3.63) is 24.2 Å². The highest BCUT2D eigenvalue weighted by Crippen LogP contribution is 2.46. The number of carbonyl (C=O) groups excluding carboxylic acids is 3. The van der Waals surface area contributed by atoms with Crippen molar-refractivity contribution in [1.29, 1.82) is 0 Å². The zero-order valence-electron chi connectivity index (χ0n) is 11.8. The second-order valence-electron chi connectivity index (χ2n) is 5.72. The van der Waals surface area contributed by atoms with Crippen molar-refractivity contribution in [1.82, 2.24) is 0 Å². The highest BCUT2D eigenvalue weighted by Gasteiger charge is 2.54. The molecule has 5 heteroatoms. The lowest BCUT2D eigenvalue weighted by molar-refractivity contribution is -0.152. The van der Waals surface area contributed by atoms with E-state index in [0.29, 0.717) is 5.76 Å². The van der Waals surface area contributed by atoms with E-state index in [4.69, 9.17) is 4.42 Å². The van der Waals surface area contributed by atoms with Gasteiger partial charge in [-0.1, -0.05) is 0 Å². The van der Waals surface area contributed by atoms with E-state index in [0.717, 1.165) is 0 Å². The first-order valence-electron chi connectivity index (χ1n) is 6.55. The summed E-state index contributed by atoms with van der Waals surface area (Å²) in [7, 11) is 0. The van der Waals surface area contributed by atoms with Crippen LogP contribution >= 0.6 is 0 Å². The fourth-order valence-electron chi connectivity index (χ4n) is 3.33. The molecule has 0 aliphatic heterocycles. The first-order chi connectivity index (χ1) is 9.25. The van der Waals surface area contributed by atoms with Crippen LogP contribution < -0.4 is 0 Å².